The highest BCUT2D eigenvalue weighted by molar-refractivity contribution is 14.1. The molecular formula is C26H37IO6SSi. The summed E-state index contributed by atoms with van der Waals surface area (Å²) in [6, 6.07) is 6.80. The van der Waals surface area contributed by atoms with Crippen molar-refractivity contribution < 1.29 is 26.5 Å². The molecule has 7 atom stereocenters. The fraction of sp³-hybridized carbons (Fsp3) is 0.692. The lowest BCUT2D eigenvalue weighted by atomic mass is 9.39. The molecule has 1 saturated heterocycles. The van der Waals surface area contributed by atoms with E-state index in [9.17, 15) is 8.42 Å². The number of ether oxygens (including phenoxy) is 2. The fourth-order valence-corrected chi connectivity index (χ4v) is 11.9. The summed E-state index contributed by atoms with van der Waals surface area (Å²) in [6.45, 7) is 15.6. The zero-order chi connectivity index (χ0) is 25.8. The van der Waals surface area contributed by atoms with Gasteiger partial charge in [0.2, 0.25) is 5.79 Å². The Morgan fingerprint density at radius 2 is 1.74 bits per heavy atom. The summed E-state index contributed by atoms with van der Waals surface area (Å²) in [7, 11) is -4.43. The van der Waals surface area contributed by atoms with Gasteiger partial charge in [-0.25, -0.2) is 0 Å². The Kier molecular flexibility index (Phi) is 5.82. The first-order valence-electron chi connectivity index (χ1n) is 12.4. The van der Waals surface area contributed by atoms with E-state index in [-0.39, 0.29) is 28.3 Å². The Bertz CT molecular complexity index is 1190. The van der Waals surface area contributed by atoms with E-state index in [2.05, 4.69) is 63.0 Å². The maximum Gasteiger partial charge on any atom is 0.338 e. The molecule has 6 nitrogen and oxygen atoms in total. The van der Waals surface area contributed by atoms with Crippen LogP contribution < -0.4 is 0 Å². The van der Waals surface area contributed by atoms with Crippen molar-refractivity contribution in [2.45, 2.75) is 77.0 Å². The fourth-order valence-electron chi connectivity index (χ4n) is 7.77. The van der Waals surface area contributed by atoms with E-state index in [4.69, 9.17) is 18.1 Å². The Balaban J connectivity index is 1.78. The molecule has 4 bridgehead atoms. The van der Waals surface area contributed by atoms with E-state index in [1.165, 1.54) is 0 Å². The third kappa shape index (κ3) is 3.05. The quantitative estimate of drug-likeness (QED) is 0.217. The number of hydrogen-bond donors (Lipinski definition) is 0. The molecule has 1 aromatic rings. The predicted octanol–water partition coefficient (Wildman–Crippen LogP) is 6.01. The van der Waals surface area contributed by atoms with Crippen molar-refractivity contribution >= 4 is 41.0 Å². The van der Waals surface area contributed by atoms with Crippen LogP contribution in [0.2, 0.25) is 19.6 Å². The second-order valence-corrected chi connectivity index (χ2v) is 19.4. The molecule has 0 amide bonds. The third-order valence-electron chi connectivity index (χ3n) is 9.57. The first-order chi connectivity index (χ1) is 16.1. The largest absolute Gasteiger partial charge is 0.408 e. The first kappa shape index (κ1) is 26.2. The molecule has 5 aliphatic rings. The van der Waals surface area contributed by atoms with Crippen molar-refractivity contribution in [2.75, 3.05) is 13.7 Å². The monoisotopic (exact) mass is 632 g/mol. The van der Waals surface area contributed by atoms with Crippen molar-refractivity contribution in [2.24, 2.45) is 28.1 Å². The Morgan fingerprint density at radius 1 is 1.11 bits per heavy atom. The van der Waals surface area contributed by atoms with Gasteiger partial charge >= 0.3 is 10.1 Å². The van der Waals surface area contributed by atoms with Crippen LogP contribution >= 0.6 is 22.6 Å². The lowest BCUT2D eigenvalue weighted by Crippen LogP contribution is -2.76. The van der Waals surface area contributed by atoms with E-state index in [0.717, 1.165) is 22.0 Å². The van der Waals surface area contributed by atoms with Crippen LogP contribution in [0.25, 0.3) is 0 Å². The van der Waals surface area contributed by atoms with Crippen molar-refractivity contribution in [3.63, 3.8) is 0 Å². The minimum atomic E-state index is -4.06. The van der Waals surface area contributed by atoms with Gasteiger partial charge in [0.15, 0.2) is 8.32 Å². The number of aryl methyl sites for hydroxylation is 1. The molecule has 4 aliphatic carbocycles. The summed E-state index contributed by atoms with van der Waals surface area (Å²) in [5.74, 6) is -0.115. The van der Waals surface area contributed by atoms with Gasteiger partial charge in [0.05, 0.1) is 12.0 Å². The van der Waals surface area contributed by atoms with E-state index >= 15 is 0 Å². The van der Waals surface area contributed by atoms with Crippen LogP contribution in [0.4, 0.5) is 0 Å². The molecule has 2 saturated carbocycles. The molecule has 0 N–H and O–H groups in total. The average molecular weight is 633 g/mol. The zero-order valence-corrected chi connectivity index (χ0v) is 25.9. The second kappa shape index (κ2) is 7.78. The van der Waals surface area contributed by atoms with E-state index in [1.54, 1.807) is 31.4 Å². The zero-order valence-electron chi connectivity index (χ0n) is 21.9. The first-order valence-corrected chi connectivity index (χ1v) is 18.3. The molecular weight excluding hydrogens is 595 g/mol. The molecule has 6 rings (SSSR count). The van der Waals surface area contributed by atoms with E-state index in [0.29, 0.717) is 12.4 Å². The molecule has 1 aromatic carbocycles. The minimum absolute atomic E-state index is 0.151. The SMILES string of the molecule is COC12OCC3(C)C4CCC(C)C4(C(I)=C(OS(=O)(=O)c4ccc(C)cc4)C31C)C2O[Si](C)(C)C. The number of benzene rings is 1. The maximum atomic E-state index is 13.6. The van der Waals surface area contributed by atoms with Crippen molar-refractivity contribution in [1.29, 1.82) is 0 Å². The highest BCUT2D eigenvalue weighted by atomic mass is 127. The van der Waals surface area contributed by atoms with Crippen LogP contribution in [-0.2, 0) is 28.2 Å². The van der Waals surface area contributed by atoms with Gasteiger partial charge in [0, 0.05) is 21.5 Å². The summed E-state index contributed by atoms with van der Waals surface area (Å²) in [4.78, 5) is 0.151. The van der Waals surface area contributed by atoms with Gasteiger partial charge in [-0.3, -0.25) is 0 Å². The van der Waals surface area contributed by atoms with E-state index in [1.807, 2.05) is 6.92 Å². The minimum Gasteiger partial charge on any atom is -0.408 e. The molecule has 3 fully saturated rings. The smallest absolute Gasteiger partial charge is 0.338 e. The maximum absolute atomic E-state index is 13.6. The number of methoxy groups -OCH3 is 1. The highest BCUT2D eigenvalue weighted by Gasteiger charge is 2.88. The summed E-state index contributed by atoms with van der Waals surface area (Å²) in [6.07, 6.45) is 1.76. The molecule has 0 radical (unpaired) electrons. The van der Waals surface area contributed by atoms with Gasteiger partial charge in [-0.1, -0.05) is 31.5 Å². The lowest BCUT2D eigenvalue weighted by molar-refractivity contribution is -0.336. The van der Waals surface area contributed by atoms with Crippen molar-refractivity contribution in [3.05, 3.63) is 39.2 Å². The molecule has 7 unspecified atom stereocenters. The molecule has 1 aliphatic heterocycles. The summed E-state index contributed by atoms with van der Waals surface area (Å²) < 4.78 is 54.4. The summed E-state index contributed by atoms with van der Waals surface area (Å²) >= 11 is 2.37. The molecule has 1 heterocycles. The van der Waals surface area contributed by atoms with Gasteiger partial charge in [-0.05, 0) is 92.9 Å². The van der Waals surface area contributed by atoms with Gasteiger partial charge in [-0.2, -0.15) is 8.42 Å². The van der Waals surface area contributed by atoms with Crippen molar-refractivity contribution in [3.8, 4) is 0 Å². The molecule has 0 aromatic heterocycles. The number of halogens is 1. The van der Waals surface area contributed by atoms with Crippen LogP contribution in [0.3, 0.4) is 0 Å². The van der Waals surface area contributed by atoms with E-state index < -0.39 is 35.1 Å². The van der Waals surface area contributed by atoms with Crippen LogP contribution in [0, 0.1) is 35.0 Å². The number of hydrogen-bond acceptors (Lipinski definition) is 6. The Labute approximate surface area is 224 Å². The summed E-state index contributed by atoms with van der Waals surface area (Å²) in [5, 5.41) is 0. The van der Waals surface area contributed by atoms with Gasteiger partial charge in [0.25, 0.3) is 0 Å². The average Bonchev–Trinajstić information content (AvgIpc) is 3.21. The highest BCUT2D eigenvalue weighted by Crippen LogP contribution is 2.83. The Hall–Kier alpha value is -0.463. The normalized spacial score (nSPS) is 42.5. The standard InChI is InChI=1S/C26H37IO6SSi/c1-16-9-12-18(13-10-16)34(28,29)32-21-20(27)25-17(2)11-14-19(25)23(3)15-31-26(30-5,24(21,23)4)22(25)33-35(6,7)8/h9-10,12-13,17,19,22H,11,14-15H2,1-8H3. The van der Waals surface area contributed by atoms with Gasteiger partial charge in [-0.15, -0.1) is 0 Å². The second-order valence-electron chi connectivity index (χ2n) is 12.3. The van der Waals surface area contributed by atoms with Gasteiger partial charge in [0.1, 0.15) is 16.8 Å². The van der Waals surface area contributed by atoms with Crippen LogP contribution in [0.5, 0.6) is 0 Å². The van der Waals surface area contributed by atoms with Crippen LogP contribution in [0.15, 0.2) is 38.5 Å². The number of rotatable bonds is 6. The third-order valence-corrected chi connectivity index (χ3v) is 13.2. The van der Waals surface area contributed by atoms with Crippen LogP contribution in [0.1, 0.15) is 39.2 Å². The van der Waals surface area contributed by atoms with Gasteiger partial charge < -0.3 is 18.1 Å². The molecule has 1 spiro atoms. The lowest BCUT2D eigenvalue weighted by Gasteiger charge is -2.69. The predicted molar refractivity (Wildman–Crippen MR) is 145 cm³/mol. The molecule has 35 heavy (non-hydrogen) atoms. The molecule has 194 valence electrons. The Morgan fingerprint density at radius 3 is 2.31 bits per heavy atom. The molecule has 9 heteroatoms. The summed E-state index contributed by atoms with van der Waals surface area (Å²) in [5.41, 5.74) is -0.645. The van der Waals surface area contributed by atoms with Crippen LogP contribution in [-0.4, -0.2) is 42.3 Å². The topological polar surface area (TPSA) is 71.1 Å². The van der Waals surface area contributed by atoms with Crippen molar-refractivity contribution in [1.82, 2.24) is 0 Å².